The second-order valence-corrected chi connectivity index (χ2v) is 6.69. The molecule has 148 valence electrons. The van der Waals surface area contributed by atoms with Crippen molar-refractivity contribution in [3.8, 4) is 11.5 Å². The molecule has 8 heteroatoms. The molecule has 2 heterocycles. The van der Waals surface area contributed by atoms with Gasteiger partial charge in [-0.15, -0.1) is 0 Å². The highest BCUT2D eigenvalue weighted by Crippen LogP contribution is 2.40. The molecule has 0 fully saturated rings. The van der Waals surface area contributed by atoms with Crippen LogP contribution in [0.25, 0.3) is 0 Å². The Balaban J connectivity index is 1.42. The van der Waals surface area contributed by atoms with Crippen molar-refractivity contribution in [3.63, 3.8) is 0 Å². The fourth-order valence-corrected chi connectivity index (χ4v) is 3.66. The average molecular weight is 392 g/mol. The summed E-state index contributed by atoms with van der Waals surface area (Å²) in [6.07, 6.45) is -2.41. The van der Waals surface area contributed by atoms with Gasteiger partial charge in [-0.2, -0.15) is 13.2 Å². The van der Waals surface area contributed by atoms with Crippen LogP contribution in [-0.4, -0.2) is 25.8 Å². The molecule has 2 aromatic rings. The van der Waals surface area contributed by atoms with E-state index in [4.69, 9.17) is 9.47 Å². The lowest BCUT2D eigenvalue weighted by molar-refractivity contribution is -0.136. The molecule has 0 aliphatic carbocycles. The number of amides is 2. The summed E-state index contributed by atoms with van der Waals surface area (Å²) in [7, 11) is 0. The van der Waals surface area contributed by atoms with Crippen LogP contribution in [-0.2, 0) is 25.4 Å². The van der Waals surface area contributed by atoms with Gasteiger partial charge in [0.1, 0.15) is 11.5 Å². The molecule has 0 atom stereocenters. The molecule has 5 nitrogen and oxygen atoms in total. The Bertz CT molecular complexity index is 880. The Labute approximate surface area is 159 Å². The third-order valence-electron chi connectivity index (χ3n) is 4.90. The molecule has 0 unspecified atom stereocenters. The Kier molecular flexibility index (Phi) is 4.78. The highest BCUT2D eigenvalue weighted by molar-refractivity contribution is 5.90. The van der Waals surface area contributed by atoms with Gasteiger partial charge in [0.2, 0.25) is 0 Å². The number of rotatable bonds is 4. The van der Waals surface area contributed by atoms with Gasteiger partial charge in [0, 0.05) is 36.1 Å². The lowest BCUT2D eigenvalue weighted by Gasteiger charge is -2.15. The van der Waals surface area contributed by atoms with E-state index in [9.17, 15) is 18.0 Å². The molecule has 2 aromatic carbocycles. The highest BCUT2D eigenvalue weighted by Gasteiger charge is 2.33. The van der Waals surface area contributed by atoms with E-state index >= 15 is 0 Å². The Hall–Kier alpha value is -2.90. The van der Waals surface area contributed by atoms with Crippen LogP contribution in [0, 0.1) is 0 Å². The molecule has 2 aliphatic rings. The smallest absolute Gasteiger partial charge is 0.418 e. The maximum Gasteiger partial charge on any atom is 0.418 e. The average Bonchev–Trinajstić information content (AvgIpc) is 3.29. The summed E-state index contributed by atoms with van der Waals surface area (Å²) >= 11 is 0. The van der Waals surface area contributed by atoms with Gasteiger partial charge >= 0.3 is 12.2 Å². The molecular formula is C20H19F3N2O3. The lowest BCUT2D eigenvalue weighted by atomic mass is 9.97. The summed E-state index contributed by atoms with van der Waals surface area (Å²) in [6.45, 7) is 1.51. The van der Waals surface area contributed by atoms with Gasteiger partial charge in [-0.05, 0) is 24.6 Å². The number of carbonyl (C=O) groups is 1. The number of halogens is 3. The minimum absolute atomic E-state index is 0.270. The molecule has 0 radical (unpaired) electrons. The summed E-state index contributed by atoms with van der Waals surface area (Å²) in [5, 5.41) is 4.91. The number of hydrogen-bond donors (Lipinski definition) is 2. The number of anilines is 1. The van der Waals surface area contributed by atoms with E-state index in [1.54, 1.807) is 0 Å². The van der Waals surface area contributed by atoms with Crippen LogP contribution in [0.3, 0.4) is 0 Å². The quantitative estimate of drug-likeness (QED) is 0.829. The minimum Gasteiger partial charge on any atom is -0.493 e. The number of alkyl halides is 3. The number of ether oxygens (including phenoxy) is 2. The van der Waals surface area contributed by atoms with E-state index in [1.165, 1.54) is 18.2 Å². The minimum atomic E-state index is -4.54. The van der Waals surface area contributed by atoms with Gasteiger partial charge in [0.25, 0.3) is 0 Å². The first-order chi connectivity index (χ1) is 13.4. The number of carbonyl (C=O) groups excluding carboxylic acids is 1. The fourth-order valence-electron chi connectivity index (χ4n) is 3.66. The van der Waals surface area contributed by atoms with E-state index in [0.29, 0.717) is 19.6 Å². The first-order valence-electron chi connectivity index (χ1n) is 9.08. The fraction of sp³-hybridized carbons (Fsp3) is 0.350. The van der Waals surface area contributed by atoms with Crippen LogP contribution in [0.5, 0.6) is 11.5 Å². The largest absolute Gasteiger partial charge is 0.493 e. The molecule has 28 heavy (non-hydrogen) atoms. The van der Waals surface area contributed by atoms with E-state index in [1.807, 2.05) is 6.07 Å². The zero-order valence-corrected chi connectivity index (χ0v) is 15.0. The van der Waals surface area contributed by atoms with Crippen molar-refractivity contribution in [2.45, 2.75) is 25.4 Å². The SMILES string of the molecule is O=C(NCCc1c2c(cc3c1OCC3)OCC2)Nc1ccccc1C(F)(F)F. The standard InChI is InChI=1S/C20H19F3N2O3/c21-20(22,23)15-3-1-2-4-16(15)25-19(26)24-8-5-14-13-7-10-27-17(13)11-12-6-9-28-18(12)14/h1-4,11H,5-10H2,(H2,24,25,26). The monoisotopic (exact) mass is 392 g/mol. The summed E-state index contributed by atoms with van der Waals surface area (Å²) in [6, 6.07) is 6.22. The second kappa shape index (κ2) is 7.26. The van der Waals surface area contributed by atoms with Crippen LogP contribution in [0.4, 0.5) is 23.7 Å². The molecule has 0 bridgehead atoms. The highest BCUT2D eigenvalue weighted by atomic mass is 19.4. The van der Waals surface area contributed by atoms with Crippen molar-refractivity contribution in [1.29, 1.82) is 0 Å². The van der Waals surface area contributed by atoms with Gasteiger partial charge in [0.15, 0.2) is 0 Å². The molecule has 0 aromatic heterocycles. The summed E-state index contributed by atoms with van der Waals surface area (Å²) < 4.78 is 50.5. The Morgan fingerprint density at radius 2 is 1.89 bits per heavy atom. The van der Waals surface area contributed by atoms with Crippen molar-refractivity contribution in [2.24, 2.45) is 0 Å². The molecule has 0 saturated carbocycles. The lowest BCUT2D eigenvalue weighted by Crippen LogP contribution is -2.31. The van der Waals surface area contributed by atoms with Gasteiger partial charge in [-0.25, -0.2) is 4.79 Å². The second-order valence-electron chi connectivity index (χ2n) is 6.69. The Morgan fingerprint density at radius 1 is 1.11 bits per heavy atom. The van der Waals surface area contributed by atoms with Gasteiger partial charge in [0.05, 0.1) is 24.5 Å². The number of benzene rings is 2. The van der Waals surface area contributed by atoms with E-state index < -0.39 is 17.8 Å². The number of nitrogens with one attached hydrogen (secondary N) is 2. The summed E-state index contributed by atoms with van der Waals surface area (Å²) in [5.41, 5.74) is 2.04. The van der Waals surface area contributed by atoms with Crippen molar-refractivity contribution >= 4 is 11.7 Å². The zero-order chi connectivity index (χ0) is 19.7. The van der Waals surface area contributed by atoms with Crippen molar-refractivity contribution in [2.75, 3.05) is 25.1 Å². The van der Waals surface area contributed by atoms with E-state index in [2.05, 4.69) is 10.6 Å². The van der Waals surface area contributed by atoms with Crippen LogP contribution in [0.1, 0.15) is 22.3 Å². The molecular weight excluding hydrogens is 373 g/mol. The predicted octanol–water partition coefficient (Wildman–Crippen LogP) is 3.94. The normalized spacial score (nSPS) is 14.7. The van der Waals surface area contributed by atoms with E-state index in [-0.39, 0.29) is 12.2 Å². The van der Waals surface area contributed by atoms with E-state index in [0.717, 1.165) is 47.1 Å². The topological polar surface area (TPSA) is 59.6 Å². The third kappa shape index (κ3) is 3.58. The van der Waals surface area contributed by atoms with Crippen LogP contribution in [0.15, 0.2) is 30.3 Å². The van der Waals surface area contributed by atoms with Crippen LogP contribution < -0.4 is 20.1 Å². The maximum atomic E-state index is 13.0. The Morgan fingerprint density at radius 3 is 2.71 bits per heavy atom. The van der Waals surface area contributed by atoms with Crippen LogP contribution in [0.2, 0.25) is 0 Å². The van der Waals surface area contributed by atoms with Crippen LogP contribution >= 0.6 is 0 Å². The molecule has 2 N–H and O–H groups in total. The van der Waals surface area contributed by atoms with Crippen molar-refractivity contribution in [3.05, 3.63) is 52.6 Å². The third-order valence-corrected chi connectivity index (χ3v) is 4.90. The maximum absolute atomic E-state index is 13.0. The van der Waals surface area contributed by atoms with Gasteiger partial charge in [-0.1, -0.05) is 12.1 Å². The first kappa shape index (κ1) is 18.5. The first-order valence-corrected chi connectivity index (χ1v) is 9.08. The molecule has 4 rings (SSSR count). The molecule has 0 spiro atoms. The summed E-state index contributed by atoms with van der Waals surface area (Å²) in [5.74, 6) is 1.72. The molecule has 0 saturated heterocycles. The zero-order valence-electron chi connectivity index (χ0n) is 15.0. The number of fused-ring (bicyclic) bond motifs is 2. The van der Waals surface area contributed by atoms with Crippen molar-refractivity contribution < 1.29 is 27.4 Å². The molecule has 2 aliphatic heterocycles. The molecule has 2 amide bonds. The van der Waals surface area contributed by atoms with Gasteiger partial charge in [-0.3, -0.25) is 0 Å². The van der Waals surface area contributed by atoms with Crippen molar-refractivity contribution in [1.82, 2.24) is 5.32 Å². The number of hydrogen-bond acceptors (Lipinski definition) is 3. The summed E-state index contributed by atoms with van der Waals surface area (Å²) in [4.78, 5) is 12.1. The number of para-hydroxylation sites is 1. The number of urea groups is 1. The van der Waals surface area contributed by atoms with Gasteiger partial charge < -0.3 is 20.1 Å². The predicted molar refractivity (Wildman–Crippen MR) is 97.0 cm³/mol.